The van der Waals surface area contributed by atoms with Gasteiger partial charge in [-0.2, -0.15) is 0 Å². The molecule has 0 bridgehead atoms. The molecule has 0 fully saturated rings. The molecule has 1 nitrogen and oxygen atoms in total. The molecule has 2 atom stereocenters. The molecule has 2 heteroatoms. The van der Waals surface area contributed by atoms with E-state index in [1.807, 2.05) is 19.2 Å². The average molecular weight is 226 g/mol. The lowest BCUT2D eigenvalue weighted by molar-refractivity contribution is 0.374. The summed E-state index contributed by atoms with van der Waals surface area (Å²) in [5, 5.41) is 4.05. The van der Waals surface area contributed by atoms with E-state index in [1.165, 1.54) is 5.56 Å². The van der Waals surface area contributed by atoms with E-state index >= 15 is 0 Å². The zero-order valence-electron chi connectivity index (χ0n) is 9.76. The van der Waals surface area contributed by atoms with Gasteiger partial charge in [-0.05, 0) is 49.5 Å². The first-order valence-electron chi connectivity index (χ1n) is 5.52. The van der Waals surface area contributed by atoms with E-state index in [4.69, 9.17) is 11.6 Å². The molecule has 0 saturated carbocycles. The lowest BCUT2D eigenvalue weighted by atomic mass is 9.90. The monoisotopic (exact) mass is 225 g/mol. The Morgan fingerprint density at radius 3 is 2.60 bits per heavy atom. The molecule has 0 spiro atoms. The van der Waals surface area contributed by atoms with Gasteiger partial charge in [0.15, 0.2) is 0 Å². The van der Waals surface area contributed by atoms with Crippen LogP contribution in [0.5, 0.6) is 0 Å². The van der Waals surface area contributed by atoms with Crippen LogP contribution in [-0.4, -0.2) is 13.6 Å². The maximum atomic E-state index is 5.96. The van der Waals surface area contributed by atoms with Crippen LogP contribution in [0.25, 0.3) is 0 Å². The van der Waals surface area contributed by atoms with E-state index in [9.17, 15) is 0 Å². The zero-order chi connectivity index (χ0) is 11.3. The Balaban J connectivity index is 2.54. The van der Waals surface area contributed by atoms with Crippen LogP contribution in [0.3, 0.4) is 0 Å². The van der Waals surface area contributed by atoms with Crippen molar-refractivity contribution in [3.05, 3.63) is 34.9 Å². The first-order valence-corrected chi connectivity index (χ1v) is 5.90. The van der Waals surface area contributed by atoms with Crippen molar-refractivity contribution in [3.63, 3.8) is 0 Å². The van der Waals surface area contributed by atoms with Crippen LogP contribution < -0.4 is 5.32 Å². The van der Waals surface area contributed by atoms with Crippen LogP contribution in [0.1, 0.15) is 19.4 Å². The SMILES string of the molecule is CNCC(C)C(C)Cc1cccc(Cl)c1. The summed E-state index contributed by atoms with van der Waals surface area (Å²) in [6.45, 7) is 5.65. The molecular formula is C13H20ClN. The summed E-state index contributed by atoms with van der Waals surface area (Å²) in [5.74, 6) is 1.37. The minimum absolute atomic E-state index is 0.677. The van der Waals surface area contributed by atoms with Gasteiger partial charge in [-0.15, -0.1) is 0 Å². The largest absolute Gasteiger partial charge is 0.319 e. The molecule has 0 amide bonds. The minimum atomic E-state index is 0.677. The van der Waals surface area contributed by atoms with Crippen LogP contribution in [0.15, 0.2) is 24.3 Å². The van der Waals surface area contributed by atoms with Gasteiger partial charge >= 0.3 is 0 Å². The molecule has 1 aromatic carbocycles. The third-order valence-electron chi connectivity index (χ3n) is 2.94. The van der Waals surface area contributed by atoms with E-state index < -0.39 is 0 Å². The van der Waals surface area contributed by atoms with Crippen molar-refractivity contribution >= 4 is 11.6 Å². The molecule has 0 radical (unpaired) electrons. The highest BCUT2D eigenvalue weighted by Gasteiger charge is 2.11. The van der Waals surface area contributed by atoms with Gasteiger partial charge in [-0.1, -0.05) is 37.6 Å². The minimum Gasteiger partial charge on any atom is -0.319 e. The molecule has 0 heterocycles. The van der Waals surface area contributed by atoms with Gasteiger partial charge in [-0.25, -0.2) is 0 Å². The summed E-state index contributed by atoms with van der Waals surface area (Å²) in [4.78, 5) is 0. The second kappa shape index (κ2) is 6.14. The Morgan fingerprint density at radius 1 is 1.27 bits per heavy atom. The molecule has 15 heavy (non-hydrogen) atoms. The van der Waals surface area contributed by atoms with Crippen LogP contribution in [0, 0.1) is 11.8 Å². The number of halogens is 1. The van der Waals surface area contributed by atoms with Crippen LogP contribution in [-0.2, 0) is 6.42 Å². The third-order valence-corrected chi connectivity index (χ3v) is 3.18. The Kier molecular flexibility index (Phi) is 5.13. The molecule has 1 rings (SSSR count). The van der Waals surface area contributed by atoms with Crippen LogP contribution in [0.2, 0.25) is 5.02 Å². The van der Waals surface area contributed by atoms with E-state index in [0.29, 0.717) is 11.8 Å². The summed E-state index contributed by atoms with van der Waals surface area (Å²) in [6.07, 6.45) is 1.10. The first kappa shape index (κ1) is 12.5. The standard InChI is InChI=1S/C13H20ClN/c1-10(11(2)9-15-3)7-12-5-4-6-13(14)8-12/h4-6,8,10-11,15H,7,9H2,1-3H3. The van der Waals surface area contributed by atoms with E-state index in [1.54, 1.807) is 0 Å². The predicted octanol–water partition coefficient (Wildman–Crippen LogP) is 3.37. The van der Waals surface area contributed by atoms with Gasteiger partial charge in [0.2, 0.25) is 0 Å². The van der Waals surface area contributed by atoms with Crippen molar-refractivity contribution in [2.75, 3.05) is 13.6 Å². The van der Waals surface area contributed by atoms with Crippen LogP contribution in [0.4, 0.5) is 0 Å². The summed E-state index contributed by atoms with van der Waals surface area (Å²) in [7, 11) is 2.00. The maximum absolute atomic E-state index is 5.96. The fraction of sp³-hybridized carbons (Fsp3) is 0.538. The van der Waals surface area contributed by atoms with E-state index in [0.717, 1.165) is 18.0 Å². The molecule has 0 aliphatic heterocycles. The van der Waals surface area contributed by atoms with Gasteiger partial charge < -0.3 is 5.32 Å². The number of nitrogens with one attached hydrogen (secondary N) is 1. The fourth-order valence-corrected chi connectivity index (χ4v) is 1.97. The topological polar surface area (TPSA) is 12.0 Å². The van der Waals surface area contributed by atoms with Crippen LogP contribution >= 0.6 is 11.6 Å². The van der Waals surface area contributed by atoms with E-state index in [-0.39, 0.29) is 0 Å². The number of hydrogen-bond donors (Lipinski definition) is 1. The zero-order valence-corrected chi connectivity index (χ0v) is 10.5. The molecule has 0 saturated heterocycles. The van der Waals surface area contributed by atoms with Gasteiger partial charge in [0, 0.05) is 5.02 Å². The summed E-state index contributed by atoms with van der Waals surface area (Å²) in [6, 6.07) is 8.15. The van der Waals surface area contributed by atoms with Crippen molar-refractivity contribution in [3.8, 4) is 0 Å². The number of benzene rings is 1. The lowest BCUT2D eigenvalue weighted by Gasteiger charge is -2.19. The van der Waals surface area contributed by atoms with Gasteiger partial charge in [0.25, 0.3) is 0 Å². The summed E-state index contributed by atoms with van der Waals surface area (Å²) >= 11 is 5.96. The van der Waals surface area contributed by atoms with Crippen molar-refractivity contribution in [2.24, 2.45) is 11.8 Å². The lowest BCUT2D eigenvalue weighted by Crippen LogP contribution is -2.23. The number of hydrogen-bond acceptors (Lipinski definition) is 1. The average Bonchev–Trinajstić information content (AvgIpc) is 2.18. The smallest absolute Gasteiger partial charge is 0.0408 e. The molecule has 2 unspecified atom stereocenters. The Morgan fingerprint density at radius 2 is 2.00 bits per heavy atom. The van der Waals surface area contributed by atoms with Gasteiger partial charge in [0.1, 0.15) is 0 Å². The molecule has 0 aliphatic carbocycles. The quantitative estimate of drug-likeness (QED) is 0.810. The van der Waals surface area contributed by atoms with Gasteiger partial charge in [0.05, 0.1) is 0 Å². The van der Waals surface area contributed by atoms with Crippen molar-refractivity contribution in [1.82, 2.24) is 5.32 Å². The first-order chi connectivity index (χ1) is 7.13. The molecule has 1 aromatic rings. The molecule has 0 aromatic heterocycles. The fourth-order valence-electron chi connectivity index (χ4n) is 1.76. The molecule has 84 valence electrons. The summed E-state index contributed by atoms with van der Waals surface area (Å²) in [5.41, 5.74) is 1.33. The Labute approximate surface area is 97.8 Å². The molecule has 0 aliphatic rings. The van der Waals surface area contributed by atoms with Crippen molar-refractivity contribution in [2.45, 2.75) is 20.3 Å². The molecular weight excluding hydrogens is 206 g/mol. The second-order valence-electron chi connectivity index (χ2n) is 4.35. The highest BCUT2D eigenvalue weighted by molar-refractivity contribution is 6.30. The second-order valence-corrected chi connectivity index (χ2v) is 4.78. The molecule has 1 N–H and O–H groups in total. The summed E-state index contributed by atoms with van der Waals surface area (Å²) < 4.78 is 0. The maximum Gasteiger partial charge on any atom is 0.0408 e. The predicted molar refractivity (Wildman–Crippen MR) is 67.4 cm³/mol. The Bertz CT molecular complexity index is 298. The highest BCUT2D eigenvalue weighted by atomic mass is 35.5. The normalized spacial score (nSPS) is 14.9. The number of rotatable bonds is 5. The Hall–Kier alpha value is -0.530. The van der Waals surface area contributed by atoms with Gasteiger partial charge in [-0.3, -0.25) is 0 Å². The third kappa shape index (κ3) is 4.23. The van der Waals surface area contributed by atoms with Crippen molar-refractivity contribution in [1.29, 1.82) is 0 Å². The highest BCUT2D eigenvalue weighted by Crippen LogP contribution is 2.19. The van der Waals surface area contributed by atoms with Crippen molar-refractivity contribution < 1.29 is 0 Å². The van der Waals surface area contributed by atoms with E-state index in [2.05, 4.69) is 31.3 Å².